The first-order chi connectivity index (χ1) is 7.30. The van der Waals surface area contributed by atoms with Crippen molar-refractivity contribution in [2.75, 3.05) is 7.05 Å². The molecule has 0 unspecified atom stereocenters. The minimum absolute atomic E-state index is 0.447. The van der Waals surface area contributed by atoms with Crippen molar-refractivity contribution in [2.45, 2.75) is 13.8 Å². The van der Waals surface area contributed by atoms with Crippen LogP contribution < -0.4 is 16.0 Å². The highest BCUT2D eigenvalue weighted by molar-refractivity contribution is 6.18. The molecule has 0 aromatic rings. The van der Waals surface area contributed by atoms with Crippen molar-refractivity contribution in [2.24, 2.45) is 11.3 Å². The zero-order valence-corrected chi connectivity index (χ0v) is 9.21. The van der Waals surface area contributed by atoms with Crippen LogP contribution in [0.2, 0.25) is 0 Å². The van der Waals surface area contributed by atoms with Gasteiger partial charge in [-0.3, -0.25) is 25.0 Å². The third kappa shape index (κ3) is 1.88. The van der Waals surface area contributed by atoms with Gasteiger partial charge in [-0.25, -0.2) is 4.79 Å². The Hall–Kier alpha value is -1.92. The summed E-state index contributed by atoms with van der Waals surface area (Å²) in [7, 11) is 1.41. The topological polar surface area (TPSA) is 104 Å². The molecule has 1 saturated heterocycles. The van der Waals surface area contributed by atoms with Crippen molar-refractivity contribution in [3.05, 3.63) is 0 Å². The van der Waals surface area contributed by atoms with E-state index in [1.807, 2.05) is 10.6 Å². The number of amides is 5. The van der Waals surface area contributed by atoms with Crippen molar-refractivity contribution in [1.82, 2.24) is 16.0 Å². The summed E-state index contributed by atoms with van der Waals surface area (Å²) in [6.07, 6.45) is 0. The van der Waals surface area contributed by atoms with Crippen LogP contribution in [0.15, 0.2) is 0 Å². The Labute approximate surface area is 91.9 Å². The molecule has 3 N–H and O–H groups in total. The average Bonchev–Trinajstić information content (AvgIpc) is 2.14. The van der Waals surface area contributed by atoms with E-state index >= 15 is 0 Å². The fraction of sp³-hybridized carbons (Fsp3) is 0.556. The van der Waals surface area contributed by atoms with Crippen LogP contribution in [0.4, 0.5) is 4.79 Å². The van der Waals surface area contributed by atoms with E-state index in [0.29, 0.717) is 0 Å². The van der Waals surface area contributed by atoms with E-state index in [-0.39, 0.29) is 0 Å². The van der Waals surface area contributed by atoms with Gasteiger partial charge in [0.2, 0.25) is 17.7 Å². The normalized spacial score (nSPS) is 17.8. The van der Waals surface area contributed by atoms with Crippen LogP contribution in [-0.2, 0) is 14.4 Å². The smallest absolute Gasteiger partial charge is 0.328 e. The number of imide groups is 2. The minimum Gasteiger partial charge on any atom is -0.359 e. The van der Waals surface area contributed by atoms with Gasteiger partial charge in [-0.1, -0.05) is 0 Å². The molecule has 7 heteroatoms. The van der Waals surface area contributed by atoms with Crippen LogP contribution in [-0.4, -0.2) is 30.8 Å². The van der Waals surface area contributed by atoms with E-state index in [1.165, 1.54) is 20.9 Å². The van der Waals surface area contributed by atoms with Crippen LogP contribution in [0.5, 0.6) is 0 Å². The number of carbonyl (C=O) groups excluding carboxylic acids is 4. The number of rotatable bonds is 2. The van der Waals surface area contributed by atoms with Gasteiger partial charge in [0, 0.05) is 7.05 Å². The van der Waals surface area contributed by atoms with E-state index in [0.717, 1.165) is 0 Å². The van der Waals surface area contributed by atoms with E-state index in [4.69, 9.17) is 0 Å². The molecule has 0 aliphatic carbocycles. The molecule has 0 radical (unpaired) electrons. The number of carbonyl (C=O) groups is 4. The summed E-state index contributed by atoms with van der Waals surface area (Å²) in [5, 5.41) is 6.28. The van der Waals surface area contributed by atoms with Gasteiger partial charge in [0.25, 0.3) is 0 Å². The summed E-state index contributed by atoms with van der Waals surface area (Å²) in [6.45, 7) is 2.93. The zero-order chi connectivity index (χ0) is 12.5. The number of hydrogen-bond donors (Lipinski definition) is 3. The summed E-state index contributed by atoms with van der Waals surface area (Å²) in [6, 6.07) is -0.862. The van der Waals surface area contributed by atoms with Crippen molar-refractivity contribution in [1.29, 1.82) is 0 Å². The molecule has 1 fully saturated rings. The maximum absolute atomic E-state index is 11.5. The molecule has 1 aliphatic heterocycles. The molecule has 0 spiro atoms. The Balaban J connectivity index is 3.03. The Bertz CT molecular complexity index is 355. The van der Waals surface area contributed by atoms with E-state index < -0.39 is 35.1 Å². The van der Waals surface area contributed by atoms with Gasteiger partial charge in [-0.15, -0.1) is 0 Å². The number of nitrogens with one attached hydrogen (secondary N) is 3. The lowest BCUT2D eigenvalue weighted by atomic mass is 9.76. The molecule has 1 rings (SSSR count). The Morgan fingerprint density at radius 1 is 1.19 bits per heavy atom. The molecular formula is C9H13N3O4. The molecule has 88 valence electrons. The molecule has 7 nitrogen and oxygen atoms in total. The molecule has 16 heavy (non-hydrogen) atoms. The zero-order valence-electron chi connectivity index (χ0n) is 9.21. The molecule has 0 aromatic carbocycles. The standard InChI is InChI=1S/C9H13N3O4/c1-9(2,7(15)10-3)4-5(13)11-8(16)12-6(4)14/h4H,1-3H3,(H,10,15)(H2,11,12,13,14,16). The van der Waals surface area contributed by atoms with Crippen molar-refractivity contribution in [3.8, 4) is 0 Å². The molecule has 0 aromatic heterocycles. The van der Waals surface area contributed by atoms with Gasteiger partial charge in [0.1, 0.15) is 5.92 Å². The second-order valence-corrected chi connectivity index (χ2v) is 4.04. The van der Waals surface area contributed by atoms with E-state index in [9.17, 15) is 19.2 Å². The maximum atomic E-state index is 11.5. The molecular weight excluding hydrogens is 214 g/mol. The summed E-state index contributed by atoms with van der Waals surface area (Å²) >= 11 is 0. The molecule has 1 heterocycles. The summed E-state index contributed by atoms with van der Waals surface area (Å²) < 4.78 is 0. The third-order valence-electron chi connectivity index (χ3n) is 2.53. The van der Waals surface area contributed by atoms with Gasteiger partial charge < -0.3 is 5.32 Å². The largest absolute Gasteiger partial charge is 0.359 e. The fourth-order valence-electron chi connectivity index (χ4n) is 1.63. The maximum Gasteiger partial charge on any atom is 0.328 e. The lowest BCUT2D eigenvalue weighted by Crippen LogP contribution is -2.61. The van der Waals surface area contributed by atoms with Crippen LogP contribution in [0.3, 0.4) is 0 Å². The van der Waals surface area contributed by atoms with E-state index in [1.54, 1.807) is 0 Å². The Kier molecular flexibility index (Phi) is 2.97. The predicted molar refractivity (Wildman–Crippen MR) is 53.0 cm³/mol. The first-order valence-electron chi connectivity index (χ1n) is 4.68. The highest BCUT2D eigenvalue weighted by Gasteiger charge is 2.48. The average molecular weight is 227 g/mol. The van der Waals surface area contributed by atoms with Gasteiger partial charge >= 0.3 is 6.03 Å². The molecule has 0 atom stereocenters. The van der Waals surface area contributed by atoms with E-state index in [2.05, 4.69) is 5.32 Å². The van der Waals surface area contributed by atoms with Crippen LogP contribution >= 0.6 is 0 Å². The van der Waals surface area contributed by atoms with Gasteiger partial charge in [-0.2, -0.15) is 0 Å². The summed E-state index contributed by atoms with van der Waals surface area (Å²) in [5.41, 5.74) is -1.22. The summed E-state index contributed by atoms with van der Waals surface area (Å²) in [5.74, 6) is -3.19. The number of urea groups is 1. The lowest BCUT2D eigenvalue weighted by molar-refractivity contribution is -0.148. The molecule has 1 aliphatic rings. The second-order valence-electron chi connectivity index (χ2n) is 4.04. The quantitative estimate of drug-likeness (QED) is 0.512. The van der Waals surface area contributed by atoms with Crippen LogP contribution in [0.25, 0.3) is 0 Å². The number of hydrogen-bond acceptors (Lipinski definition) is 4. The third-order valence-corrected chi connectivity index (χ3v) is 2.53. The number of barbiturate groups is 1. The van der Waals surface area contributed by atoms with Crippen molar-refractivity contribution >= 4 is 23.8 Å². The highest BCUT2D eigenvalue weighted by Crippen LogP contribution is 2.28. The van der Waals surface area contributed by atoms with Crippen LogP contribution in [0.1, 0.15) is 13.8 Å². The van der Waals surface area contributed by atoms with Crippen molar-refractivity contribution < 1.29 is 19.2 Å². The fourth-order valence-corrected chi connectivity index (χ4v) is 1.63. The lowest BCUT2D eigenvalue weighted by Gasteiger charge is -2.32. The van der Waals surface area contributed by atoms with Crippen molar-refractivity contribution in [3.63, 3.8) is 0 Å². The second kappa shape index (κ2) is 3.92. The molecule has 5 amide bonds. The van der Waals surface area contributed by atoms with Gasteiger partial charge in [-0.05, 0) is 13.8 Å². The Morgan fingerprint density at radius 2 is 1.62 bits per heavy atom. The van der Waals surface area contributed by atoms with Gasteiger partial charge in [0.05, 0.1) is 5.41 Å². The summed E-state index contributed by atoms with van der Waals surface area (Å²) in [4.78, 5) is 45.4. The SMILES string of the molecule is CNC(=O)C(C)(C)C1C(=O)NC(=O)NC1=O. The highest BCUT2D eigenvalue weighted by atomic mass is 16.2. The van der Waals surface area contributed by atoms with Gasteiger partial charge in [0.15, 0.2) is 0 Å². The minimum atomic E-state index is -1.22. The molecule has 0 bridgehead atoms. The monoisotopic (exact) mass is 227 g/mol. The molecule has 0 saturated carbocycles. The Morgan fingerprint density at radius 3 is 2.00 bits per heavy atom. The van der Waals surface area contributed by atoms with Crippen LogP contribution in [0, 0.1) is 11.3 Å². The predicted octanol–water partition coefficient (Wildman–Crippen LogP) is -1.26. The first kappa shape index (κ1) is 12.2. The first-order valence-corrected chi connectivity index (χ1v) is 4.68.